The molecule has 4 rings (SSSR count). The van der Waals surface area contributed by atoms with Gasteiger partial charge in [-0.2, -0.15) is 0 Å². The number of halogens is 2. The molecule has 34 heavy (non-hydrogen) atoms. The fraction of sp³-hybridized carbons (Fsp3) is 0.0833. The zero-order chi connectivity index (χ0) is 24.1. The number of hydrogen-bond acceptors (Lipinski definition) is 6. The molecule has 0 unspecified atom stereocenters. The van der Waals surface area contributed by atoms with Gasteiger partial charge in [0.05, 0.1) is 24.0 Å². The van der Waals surface area contributed by atoms with Gasteiger partial charge >= 0.3 is 5.97 Å². The molecule has 172 valence electrons. The van der Waals surface area contributed by atoms with E-state index in [0.717, 1.165) is 11.8 Å². The molecule has 0 spiro atoms. The van der Waals surface area contributed by atoms with E-state index in [0.29, 0.717) is 22.1 Å². The summed E-state index contributed by atoms with van der Waals surface area (Å²) in [5.74, 6) is -1.60. The number of anilines is 1. The molecule has 1 amide bonds. The number of thioether (sulfide) groups is 1. The molecule has 0 atom stereocenters. The maximum Gasteiger partial charge on any atom is 0.337 e. The molecule has 10 heteroatoms. The van der Waals surface area contributed by atoms with Crippen molar-refractivity contribution in [3.8, 4) is 17.1 Å². The van der Waals surface area contributed by atoms with E-state index in [4.69, 9.17) is 0 Å². The van der Waals surface area contributed by atoms with E-state index < -0.39 is 17.6 Å². The number of esters is 1. The van der Waals surface area contributed by atoms with Crippen molar-refractivity contribution in [2.45, 2.75) is 5.16 Å². The Bertz CT molecular complexity index is 1340. The van der Waals surface area contributed by atoms with E-state index in [1.807, 2.05) is 0 Å². The molecular weight excluding hydrogens is 462 g/mol. The van der Waals surface area contributed by atoms with E-state index in [-0.39, 0.29) is 23.0 Å². The predicted molar refractivity (Wildman–Crippen MR) is 124 cm³/mol. The van der Waals surface area contributed by atoms with Crippen LogP contribution in [0.1, 0.15) is 10.4 Å². The van der Waals surface area contributed by atoms with Gasteiger partial charge < -0.3 is 10.1 Å². The average Bonchev–Trinajstić information content (AvgIpc) is 3.27. The lowest BCUT2D eigenvalue weighted by atomic mass is 10.2. The van der Waals surface area contributed by atoms with Crippen LogP contribution in [-0.4, -0.2) is 39.5 Å². The summed E-state index contributed by atoms with van der Waals surface area (Å²) in [7, 11) is 1.27. The van der Waals surface area contributed by atoms with Crippen molar-refractivity contribution in [2.24, 2.45) is 0 Å². The van der Waals surface area contributed by atoms with Gasteiger partial charge in [0.1, 0.15) is 11.6 Å². The number of ether oxygens (including phenoxy) is 1. The van der Waals surface area contributed by atoms with Crippen molar-refractivity contribution in [1.82, 2.24) is 14.8 Å². The number of nitrogens with one attached hydrogen (secondary N) is 1. The maximum atomic E-state index is 14.5. The van der Waals surface area contributed by atoms with Crippen LogP contribution >= 0.6 is 11.8 Å². The Labute approximate surface area is 197 Å². The highest BCUT2D eigenvalue weighted by Gasteiger charge is 2.19. The Kier molecular flexibility index (Phi) is 6.98. The third kappa shape index (κ3) is 5.12. The van der Waals surface area contributed by atoms with Crippen LogP contribution in [0.4, 0.5) is 14.5 Å². The van der Waals surface area contributed by atoms with Crippen LogP contribution in [0.25, 0.3) is 17.1 Å². The fourth-order valence-electron chi connectivity index (χ4n) is 3.17. The number of benzene rings is 3. The highest BCUT2D eigenvalue weighted by Crippen LogP contribution is 2.29. The van der Waals surface area contributed by atoms with E-state index in [9.17, 15) is 18.4 Å². The minimum atomic E-state index is -0.515. The Morgan fingerprint density at radius 2 is 1.76 bits per heavy atom. The molecular formula is C24H18F2N4O3S. The Hall–Kier alpha value is -4.05. The third-order valence-electron chi connectivity index (χ3n) is 4.73. The van der Waals surface area contributed by atoms with Gasteiger partial charge in [-0.3, -0.25) is 9.36 Å². The highest BCUT2D eigenvalue weighted by atomic mass is 32.2. The molecule has 0 aliphatic carbocycles. The fourth-order valence-corrected chi connectivity index (χ4v) is 3.92. The average molecular weight is 480 g/mol. The molecule has 0 bridgehead atoms. The van der Waals surface area contributed by atoms with Crippen molar-refractivity contribution in [3.63, 3.8) is 0 Å². The van der Waals surface area contributed by atoms with Crippen LogP contribution in [0.3, 0.4) is 0 Å². The van der Waals surface area contributed by atoms with Crippen molar-refractivity contribution >= 4 is 29.3 Å². The minimum Gasteiger partial charge on any atom is -0.465 e. The van der Waals surface area contributed by atoms with E-state index >= 15 is 0 Å². The normalized spacial score (nSPS) is 10.7. The molecule has 1 heterocycles. The van der Waals surface area contributed by atoms with Crippen LogP contribution in [0.15, 0.2) is 78.0 Å². The Morgan fingerprint density at radius 3 is 2.50 bits per heavy atom. The number of aromatic nitrogens is 3. The molecule has 1 N–H and O–H groups in total. The van der Waals surface area contributed by atoms with Gasteiger partial charge in [-0.05, 0) is 54.6 Å². The first-order valence-electron chi connectivity index (χ1n) is 10.0. The van der Waals surface area contributed by atoms with Gasteiger partial charge in [0, 0.05) is 11.4 Å². The summed E-state index contributed by atoms with van der Waals surface area (Å²) in [5, 5.41) is 11.3. The number of nitrogens with zero attached hydrogens (tertiary/aromatic N) is 3. The Morgan fingerprint density at radius 1 is 1.00 bits per heavy atom. The first-order valence-corrected chi connectivity index (χ1v) is 11.0. The summed E-state index contributed by atoms with van der Waals surface area (Å²) in [4.78, 5) is 24.2. The number of rotatable bonds is 7. The Balaban J connectivity index is 1.57. The molecule has 7 nitrogen and oxygen atoms in total. The minimum absolute atomic E-state index is 0.0426. The summed E-state index contributed by atoms with van der Waals surface area (Å²) < 4.78 is 34.2. The van der Waals surface area contributed by atoms with Gasteiger partial charge in [0.2, 0.25) is 5.91 Å². The number of carbonyl (C=O) groups excluding carboxylic acids is 2. The summed E-state index contributed by atoms with van der Waals surface area (Å²) in [6.07, 6.45) is 0. The van der Waals surface area contributed by atoms with Gasteiger partial charge in [0.25, 0.3) is 0 Å². The van der Waals surface area contributed by atoms with Crippen molar-refractivity contribution in [2.75, 3.05) is 18.2 Å². The number of methoxy groups -OCH3 is 1. The van der Waals surface area contributed by atoms with Crippen LogP contribution in [-0.2, 0) is 9.53 Å². The second-order valence-corrected chi connectivity index (χ2v) is 7.95. The van der Waals surface area contributed by atoms with E-state index in [1.165, 1.54) is 43.5 Å². The molecule has 1 aromatic heterocycles. The lowest BCUT2D eigenvalue weighted by Crippen LogP contribution is -2.15. The summed E-state index contributed by atoms with van der Waals surface area (Å²) in [5.41, 5.74) is 1.47. The second-order valence-electron chi connectivity index (χ2n) is 7.01. The van der Waals surface area contributed by atoms with Gasteiger partial charge in [-0.1, -0.05) is 30.0 Å². The molecule has 0 fully saturated rings. The molecule has 4 aromatic rings. The third-order valence-corrected chi connectivity index (χ3v) is 5.66. The second kappa shape index (κ2) is 10.3. The predicted octanol–water partition coefficient (Wildman–Crippen LogP) is 4.73. The van der Waals surface area contributed by atoms with Crippen molar-refractivity contribution in [3.05, 3.63) is 90.0 Å². The van der Waals surface area contributed by atoms with Crippen molar-refractivity contribution in [1.29, 1.82) is 0 Å². The summed E-state index contributed by atoms with van der Waals surface area (Å²) in [6, 6.07) is 18.0. The summed E-state index contributed by atoms with van der Waals surface area (Å²) >= 11 is 1.08. The van der Waals surface area contributed by atoms with Crippen LogP contribution in [0, 0.1) is 11.6 Å². The van der Waals surface area contributed by atoms with Crippen LogP contribution in [0.5, 0.6) is 0 Å². The van der Waals surface area contributed by atoms with Crippen LogP contribution in [0.2, 0.25) is 0 Å². The monoisotopic (exact) mass is 480 g/mol. The number of amides is 1. The largest absolute Gasteiger partial charge is 0.465 e. The molecule has 0 radical (unpaired) electrons. The maximum absolute atomic E-state index is 14.5. The molecule has 0 saturated heterocycles. The zero-order valence-electron chi connectivity index (χ0n) is 17.9. The number of carbonyl (C=O) groups is 2. The molecule has 3 aromatic carbocycles. The van der Waals surface area contributed by atoms with Gasteiger partial charge in [-0.25, -0.2) is 13.6 Å². The van der Waals surface area contributed by atoms with Gasteiger partial charge in [-0.15, -0.1) is 10.2 Å². The highest BCUT2D eigenvalue weighted by molar-refractivity contribution is 7.99. The SMILES string of the molecule is COC(=O)c1cccc(NC(=O)CSc2nnc(-c3ccccc3F)n2-c2ccc(F)cc2)c1. The standard InChI is InChI=1S/C24H18F2N4O3S/c1-33-23(32)15-5-4-6-17(13-15)27-21(31)14-34-24-29-28-22(19-7-2-3-8-20(19)26)30(24)18-11-9-16(25)10-12-18/h2-13H,14H2,1H3,(H,27,31). The molecule has 0 aliphatic rings. The number of hydrogen-bond donors (Lipinski definition) is 1. The lowest BCUT2D eigenvalue weighted by Gasteiger charge is -2.11. The van der Waals surface area contributed by atoms with Crippen molar-refractivity contribution < 1.29 is 23.1 Å². The zero-order valence-corrected chi connectivity index (χ0v) is 18.7. The van der Waals surface area contributed by atoms with E-state index in [2.05, 4.69) is 20.3 Å². The van der Waals surface area contributed by atoms with Gasteiger partial charge in [0.15, 0.2) is 11.0 Å². The first kappa shape index (κ1) is 23.1. The van der Waals surface area contributed by atoms with Crippen LogP contribution < -0.4 is 5.32 Å². The quantitative estimate of drug-likeness (QED) is 0.304. The van der Waals surface area contributed by atoms with E-state index in [1.54, 1.807) is 41.0 Å². The molecule has 0 aliphatic heterocycles. The topological polar surface area (TPSA) is 86.1 Å². The first-order chi connectivity index (χ1) is 16.5. The summed E-state index contributed by atoms with van der Waals surface area (Å²) in [6.45, 7) is 0. The lowest BCUT2D eigenvalue weighted by molar-refractivity contribution is -0.113. The molecule has 0 saturated carbocycles. The smallest absolute Gasteiger partial charge is 0.337 e.